The average molecular weight is 826 g/mol. The Morgan fingerprint density at radius 2 is 1.12 bits per heavy atom. The third-order valence-electron chi connectivity index (χ3n) is 9.75. The van der Waals surface area contributed by atoms with E-state index in [4.69, 9.17) is 8.83 Å². The summed E-state index contributed by atoms with van der Waals surface area (Å²) in [5.41, 5.74) is 3.80. The van der Waals surface area contributed by atoms with E-state index in [1.807, 2.05) is 6.07 Å². The molecule has 4 aliphatic rings. The fraction of sp³-hybridized carbons (Fsp3) is 0.0889. The van der Waals surface area contributed by atoms with Crippen LogP contribution in [0.15, 0.2) is 128 Å². The van der Waals surface area contributed by atoms with Crippen LogP contribution >= 0.6 is 21.6 Å². The number of phenols is 2. The number of aromatic carboxylic acids is 2. The minimum absolute atomic E-state index is 0.0401. The monoisotopic (exact) mass is 825 g/mol. The molecule has 59 heavy (non-hydrogen) atoms. The maximum absolute atomic E-state index is 13.2. The van der Waals surface area contributed by atoms with Gasteiger partial charge in [0, 0.05) is 80.9 Å². The normalized spacial score (nSPS) is 11.4. The maximum atomic E-state index is 13.2. The third kappa shape index (κ3) is 7.83. The van der Waals surface area contributed by atoms with Gasteiger partial charge in [-0.3, -0.25) is 14.4 Å². The number of carbonyl (C=O) groups is 3. The molecule has 2 aliphatic carbocycles. The first-order chi connectivity index (χ1) is 28.4. The van der Waals surface area contributed by atoms with Crippen molar-refractivity contribution in [3.63, 3.8) is 0 Å². The van der Waals surface area contributed by atoms with E-state index < -0.39 is 17.8 Å². The molecule has 2 aliphatic heterocycles. The summed E-state index contributed by atoms with van der Waals surface area (Å²) in [6.45, 7) is 0.300. The number of hydrogen-bond acceptors (Lipinski definition) is 11. The van der Waals surface area contributed by atoms with E-state index in [0.717, 1.165) is 5.56 Å². The van der Waals surface area contributed by atoms with Gasteiger partial charge >= 0.3 is 11.9 Å². The van der Waals surface area contributed by atoms with E-state index in [2.05, 4.69) is 5.32 Å². The Morgan fingerprint density at radius 1 is 0.559 bits per heavy atom. The van der Waals surface area contributed by atoms with Gasteiger partial charge in [-0.25, -0.2) is 9.59 Å². The molecule has 0 atom stereocenters. The highest BCUT2D eigenvalue weighted by Gasteiger charge is 2.25. The molecule has 0 fully saturated rings. The third-order valence-corrected chi connectivity index (χ3v) is 12.2. The van der Waals surface area contributed by atoms with E-state index in [0.29, 0.717) is 74.2 Å². The number of carboxylic acids is 2. The molecule has 0 saturated carbocycles. The molecule has 1 amide bonds. The lowest BCUT2D eigenvalue weighted by atomic mass is 9.89. The Labute approximate surface area is 341 Å². The van der Waals surface area contributed by atoms with Crippen molar-refractivity contribution in [1.29, 1.82) is 0 Å². The molecule has 8 rings (SSSR count). The van der Waals surface area contributed by atoms with Gasteiger partial charge < -0.3 is 34.6 Å². The van der Waals surface area contributed by atoms with Gasteiger partial charge in [-0.15, -0.1) is 0 Å². The number of phenolic OH excluding ortho intramolecular Hbond substituents is 2. The molecule has 0 saturated heterocycles. The Bertz CT molecular complexity index is 3040. The van der Waals surface area contributed by atoms with E-state index >= 15 is 0 Å². The summed E-state index contributed by atoms with van der Waals surface area (Å²) in [4.78, 5) is 62.5. The molecule has 0 spiro atoms. The second kappa shape index (κ2) is 16.1. The number of aryl methyl sites for hydroxylation is 1. The van der Waals surface area contributed by atoms with Crippen molar-refractivity contribution in [2.75, 3.05) is 18.1 Å². The predicted molar refractivity (Wildman–Crippen MR) is 227 cm³/mol. The van der Waals surface area contributed by atoms with Crippen molar-refractivity contribution in [3.05, 3.63) is 152 Å². The summed E-state index contributed by atoms with van der Waals surface area (Å²) in [6.07, 6.45) is 0.596. The number of carbonyl (C=O) groups excluding carboxylic acids is 1. The van der Waals surface area contributed by atoms with Crippen molar-refractivity contribution in [1.82, 2.24) is 5.32 Å². The zero-order valence-corrected chi connectivity index (χ0v) is 32.3. The SMILES string of the molecule is O=C(NCCSSCCc1ccc(C(=O)O)c(-c2c3ccc(=O)cc-3oc3cc(O)ccc23)c1)c1ccc(-c2c3ccc(=O)cc-3oc3cc(O)ccc23)c(C(=O)O)c1. The number of nitrogens with one attached hydrogen (secondary N) is 1. The first kappa shape index (κ1) is 38.8. The first-order valence-corrected chi connectivity index (χ1v) is 20.6. The molecular weight excluding hydrogens is 795 g/mol. The van der Waals surface area contributed by atoms with E-state index in [1.165, 1.54) is 71.5 Å². The number of carboxylic acid groups (broad SMARTS) is 2. The lowest BCUT2D eigenvalue weighted by molar-refractivity contribution is 0.0686. The molecule has 0 bridgehead atoms. The Morgan fingerprint density at radius 3 is 1.71 bits per heavy atom. The molecule has 4 aromatic carbocycles. The smallest absolute Gasteiger partial charge is 0.336 e. The standard InChI is InChI=1S/C45H31NO11S2/c47-25-3-9-31-37(19-25)56-38-20-26(48)4-10-32(38)41(31)29-8-2-24(18-36(29)45(54)55)43(51)46-14-16-59-58-15-13-23-1-7-30(44(52)53)35(17-23)42-33-11-5-27(49)21-39(33)57-40-22-28(50)6-12-34(40)42/h1-12,17-22,47,49H,13-16H2,(H,46,51)(H,52,53)(H,54,55). The Balaban J connectivity index is 0.937. The van der Waals surface area contributed by atoms with E-state index in [1.54, 1.807) is 53.3 Å². The molecule has 5 N–H and O–H groups in total. The van der Waals surface area contributed by atoms with Crippen LogP contribution in [0.3, 0.4) is 0 Å². The zero-order chi connectivity index (χ0) is 41.4. The average Bonchev–Trinajstić information content (AvgIpc) is 3.20. The van der Waals surface area contributed by atoms with Crippen LogP contribution in [0.25, 0.3) is 66.8 Å². The summed E-state index contributed by atoms with van der Waals surface area (Å²) in [7, 11) is 3.11. The molecule has 4 aromatic rings. The largest absolute Gasteiger partial charge is 0.508 e. The van der Waals surface area contributed by atoms with Crippen LogP contribution in [-0.4, -0.2) is 56.3 Å². The van der Waals surface area contributed by atoms with Crippen molar-refractivity contribution in [2.45, 2.75) is 6.42 Å². The van der Waals surface area contributed by atoms with Crippen molar-refractivity contribution in [3.8, 4) is 56.4 Å². The number of hydrogen-bond donors (Lipinski definition) is 5. The van der Waals surface area contributed by atoms with Gasteiger partial charge in [-0.05, 0) is 89.8 Å². The van der Waals surface area contributed by atoms with E-state index in [-0.39, 0.29) is 56.2 Å². The fourth-order valence-corrected chi connectivity index (χ4v) is 9.05. The van der Waals surface area contributed by atoms with Gasteiger partial charge in [0.2, 0.25) is 0 Å². The highest BCUT2D eigenvalue weighted by atomic mass is 33.1. The van der Waals surface area contributed by atoms with Gasteiger partial charge in [-0.2, -0.15) is 0 Å². The molecule has 14 heteroatoms. The molecular formula is C45H31NO11S2. The summed E-state index contributed by atoms with van der Waals surface area (Å²) >= 11 is 0. The van der Waals surface area contributed by atoms with Crippen LogP contribution in [0, 0.1) is 0 Å². The van der Waals surface area contributed by atoms with Crippen LogP contribution in [-0.2, 0) is 6.42 Å². The topological polar surface area (TPSA) is 205 Å². The fourth-order valence-electron chi connectivity index (χ4n) is 7.11. The van der Waals surface area contributed by atoms with Crippen LogP contribution in [0.1, 0.15) is 36.6 Å². The highest BCUT2D eigenvalue weighted by Crippen LogP contribution is 2.44. The summed E-state index contributed by atoms with van der Waals surface area (Å²) in [5.74, 6) is -1.25. The summed E-state index contributed by atoms with van der Waals surface area (Å²) in [5, 5.41) is 44.5. The number of fused-ring (bicyclic) bond motifs is 4. The number of amides is 1. The lowest BCUT2D eigenvalue weighted by Crippen LogP contribution is -2.25. The van der Waals surface area contributed by atoms with Gasteiger partial charge in [0.15, 0.2) is 10.9 Å². The molecule has 0 unspecified atom stereocenters. The van der Waals surface area contributed by atoms with Gasteiger partial charge in [-0.1, -0.05) is 39.8 Å². The minimum Gasteiger partial charge on any atom is -0.508 e. The molecule has 12 nitrogen and oxygen atoms in total. The molecule has 2 heterocycles. The Hall–Kier alpha value is -7.03. The first-order valence-electron chi connectivity index (χ1n) is 18.1. The highest BCUT2D eigenvalue weighted by molar-refractivity contribution is 8.76. The van der Waals surface area contributed by atoms with Gasteiger partial charge in [0.25, 0.3) is 5.91 Å². The predicted octanol–water partition coefficient (Wildman–Crippen LogP) is 8.60. The second-order valence-corrected chi connectivity index (χ2v) is 16.2. The zero-order valence-electron chi connectivity index (χ0n) is 30.7. The molecule has 0 aromatic heterocycles. The lowest BCUT2D eigenvalue weighted by Gasteiger charge is -2.17. The summed E-state index contributed by atoms with van der Waals surface area (Å²) in [6, 6.07) is 27.1. The van der Waals surface area contributed by atoms with Gasteiger partial charge in [0.1, 0.15) is 34.2 Å². The minimum atomic E-state index is -1.26. The van der Waals surface area contributed by atoms with Gasteiger partial charge in [0.05, 0.1) is 11.1 Å². The quantitative estimate of drug-likeness (QED) is 0.0445. The number of benzene rings is 6. The van der Waals surface area contributed by atoms with Crippen LogP contribution in [0.2, 0.25) is 0 Å². The van der Waals surface area contributed by atoms with Crippen molar-refractivity contribution in [2.24, 2.45) is 0 Å². The maximum Gasteiger partial charge on any atom is 0.336 e. The Kier molecular flexibility index (Phi) is 10.6. The van der Waals surface area contributed by atoms with Crippen LogP contribution in [0.5, 0.6) is 11.5 Å². The molecule has 0 radical (unpaired) electrons. The van der Waals surface area contributed by atoms with E-state index in [9.17, 15) is 44.4 Å². The number of rotatable bonds is 12. The molecule has 294 valence electrons. The number of aromatic hydroxyl groups is 2. The van der Waals surface area contributed by atoms with Crippen LogP contribution in [0.4, 0.5) is 0 Å². The second-order valence-electron chi connectivity index (χ2n) is 13.5. The summed E-state index contributed by atoms with van der Waals surface area (Å²) < 4.78 is 11.8. The van der Waals surface area contributed by atoms with Crippen LogP contribution < -0.4 is 16.2 Å². The van der Waals surface area contributed by atoms with Crippen molar-refractivity contribution >= 4 is 61.4 Å². The van der Waals surface area contributed by atoms with Crippen molar-refractivity contribution < 1.29 is 43.6 Å².